The van der Waals surface area contributed by atoms with E-state index in [0.717, 1.165) is 5.69 Å². The molecule has 2 aromatic carbocycles. The summed E-state index contributed by atoms with van der Waals surface area (Å²) < 4.78 is 13.0. The maximum Gasteiger partial charge on any atom is 0.183 e. The predicted octanol–water partition coefficient (Wildman–Crippen LogP) is 4.84. The first-order valence-corrected chi connectivity index (χ1v) is 7.25. The number of benzene rings is 2. The number of hydrogen-bond acceptors (Lipinski definition) is 2. The number of halogens is 3. The molecular weight excluding hydrogens is 312 g/mol. The zero-order chi connectivity index (χ0) is 15.4. The van der Waals surface area contributed by atoms with E-state index in [1.54, 1.807) is 30.3 Å². The van der Waals surface area contributed by atoms with Crippen LogP contribution in [0.15, 0.2) is 42.5 Å². The van der Waals surface area contributed by atoms with Crippen LogP contribution in [0.2, 0.25) is 10.0 Å². The Labute approximate surface area is 133 Å². The molecule has 21 heavy (non-hydrogen) atoms. The van der Waals surface area contributed by atoms with Crippen LogP contribution in [0.5, 0.6) is 0 Å². The highest BCUT2D eigenvalue weighted by Gasteiger charge is 2.15. The van der Waals surface area contributed by atoms with Crippen LogP contribution >= 0.6 is 23.2 Å². The molecule has 0 aromatic heterocycles. The van der Waals surface area contributed by atoms with Gasteiger partial charge in [0.15, 0.2) is 5.78 Å². The number of Topliss-reactive ketones (excluding diaryl/α,β-unsaturated/α-hetero) is 1. The lowest BCUT2D eigenvalue weighted by Crippen LogP contribution is -2.29. The monoisotopic (exact) mass is 325 g/mol. The highest BCUT2D eigenvalue weighted by atomic mass is 35.5. The molecule has 110 valence electrons. The third kappa shape index (κ3) is 3.96. The third-order valence-corrected chi connectivity index (χ3v) is 3.69. The summed E-state index contributed by atoms with van der Waals surface area (Å²) in [5.41, 5.74) is 1.22. The molecule has 0 saturated heterocycles. The number of hydrogen-bond donors (Lipinski definition) is 0. The summed E-state index contributed by atoms with van der Waals surface area (Å²) in [5, 5.41) is 0.824. The van der Waals surface area contributed by atoms with Crippen molar-refractivity contribution in [2.24, 2.45) is 0 Å². The van der Waals surface area contributed by atoms with Crippen LogP contribution in [0, 0.1) is 5.82 Å². The van der Waals surface area contributed by atoms with Crippen LogP contribution in [0.25, 0.3) is 0 Å². The molecule has 0 amide bonds. The van der Waals surface area contributed by atoms with Gasteiger partial charge in [-0.15, -0.1) is 0 Å². The number of nitrogens with zero attached hydrogens (tertiary/aromatic N) is 1. The lowest BCUT2D eigenvalue weighted by atomic mass is 10.1. The van der Waals surface area contributed by atoms with Crippen LogP contribution in [0.4, 0.5) is 10.1 Å². The van der Waals surface area contributed by atoms with E-state index < -0.39 is 0 Å². The van der Waals surface area contributed by atoms with E-state index in [0.29, 0.717) is 22.2 Å². The largest absolute Gasteiger partial charge is 0.364 e. The second-order valence-corrected chi connectivity index (χ2v) is 5.38. The predicted molar refractivity (Wildman–Crippen MR) is 85.1 cm³/mol. The van der Waals surface area contributed by atoms with E-state index in [-0.39, 0.29) is 18.1 Å². The van der Waals surface area contributed by atoms with Crippen molar-refractivity contribution in [3.63, 3.8) is 0 Å². The van der Waals surface area contributed by atoms with Crippen molar-refractivity contribution in [1.82, 2.24) is 0 Å². The second kappa shape index (κ2) is 6.92. The van der Waals surface area contributed by atoms with E-state index in [4.69, 9.17) is 23.2 Å². The summed E-state index contributed by atoms with van der Waals surface area (Å²) >= 11 is 11.9. The smallest absolute Gasteiger partial charge is 0.183 e. The Hall–Kier alpha value is -1.58. The summed E-state index contributed by atoms with van der Waals surface area (Å²) in [6, 6.07) is 10.8. The zero-order valence-electron chi connectivity index (χ0n) is 11.4. The maximum absolute atomic E-state index is 13.0. The fourth-order valence-electron chi connectivity index (χ4n) is 2.01. The van der Waals surface area contributed by atoms with Gasteiger partial charge in [-0.2, -0.15) is 0 Å². The number of anilines is 1. The summed E-state index contributed by atoms with van der Waals surface area (Å²) in [7, 11) is 0. The molecule has 2 aromatic rings. The second-order valence-electron chi connectivity index (χ2n) is 4.54. The fraction of sp³-hybridized carbons (Fsp3) is 0.188. The van der Waals surface area contributed by atoms with Crippen molar-refractivity contribution in [3.05, 3.63) is 63.9 Å². The van der Waals surface area contributed by atoms with Crippen LogP contribution in [0.1, 0.15) is 17.3 Å². The standard InChI is InChI=1S/C16H14Cl2FNO/c1-2-20(13-6-4-12(19)5-7-13)10-16(21)14-8-3-11(17)9-15(14)18/h3-9H,2,10H2,1H3. The van der Waals surface area contributed by atoms with Crippen molar-refractivity contribution >= 4 is 34.7 Å². The van der Waals surface area contributed by atoms with Gasteiger partial charge in [0.05, 0.1) is 11.6 Å². The third-order valence-electron chi connectivity index (χ3n) is 3.14. The van der Waals surface area contributed by atoms with Crippen LogP contribution in [0.3, 0.4) is 0 Å². The van der Waals surface area contributed by atoms with E-state index in [2.05, 4.69) is 0 Å². The quantitative estimate of drug-likeness (QED) is 0.733. The summed E-state index contributed by atoms with van der Waals surface area (Å²) in [6.07, 6.45) is 0. The molecule has 0 unspecified atom stereocenters. The molecule has 2 rings (SSSR count). The summed E-state index contributed by atoms with van der Waals surface area (Å²) in [4.78, 5) is 14.2. The van der Waals surface area contributed by atoms with Gasteiger partial charge in [-0.05, 0) is 49.4 Å². The molecule has 0 fully saturated rings. The zero-order valence-corrected chi connectivity index (χ0v) is 13.0. The summed E-state index contributed by atoms with van der Waals surface area (Å²) in [5.74, 6) is -0.412. The minimum absolute atomic E-state index is 0.108. The summed E-state index contributed by atoms with van der Waals surface area (Å²) in [6.45, 7) is 2.73. The van der Waals surface area contributed by atoms with Gasteiger partial charge in [0, 0.05) is 22.8 Å². The number of ketones is 1. The number of carbonyl (C=O) groups excluding carboxylic acids is 1. The average Bonchev–Trinajstić information content (AvgIpc) is 2.45. The SMILES string of the molecule is CCN(CC(=O)c1ccc(Cl)cc1Cl)c1ccc(F)cc1. The number of likely N-dealkylation sites (N-methyl/N-ethyl adjacent to an activating group) is 1. The van der Waals surface area contributed by atoms with Gasteiger partial charge in [0.2, 0.25) is 0 Å². The molecule has 0 bridgehead atoms. The van der Waals surface area contributed by atoms with Gasteiger partial charge in [0.1, 0.15) is 5.82 Å². The normalized spacial score (nSPS) is 10.5. The van der Waals surface area contributed by atoms with Crippen molar-refractivity contribution in [2.75, 3.05) is 18.0 Å². The molecule has 5 heteroatoms. The van der Waals surface area contributed by atoms with Gasteiger partial charge in [0.25, 0.3) is 0 Å². The molecule has 0 radical (unpaired) electrons. The highest BCUT2D eigenvalue weighted by Crippen LogP contribution is 2.22. The van der Waals surface area contributed by atoms with Crippen LogP contribution in [-0.2, 0) is 0 Å². The van der Waals surface area contributed by atoms with Crippen molar-refractivity contribution in [2.45, 2.75) is 6.92 Å². The molecule has 0 aliphatic rings. The maximum atomic E-state index is 13.0. The fourth-order valence-corrected chi connectivity index (χ4v) is 2.53. The van der Waals surface area contributed by atoms with E-state index in [1.165, 1.54) is 12.1 Å². The minimum atomic E-state index is -0.304. The van der Waals surface area contributed by atoms with E-state index in [9.17, 15) is 9.18 Å². The molecule has 0 N–H and O–H groups in total. The van der Waals surface area contributed by atoms with E-state index >= 15 is 0 Å². The number of carbonyl (C=O) groups is 1. The first-order valence-electron chi connectivity index (χ1n) is 6.50. The molecule has 0 heterocycles. The van der Waals surface area contributed by atoms with Gasteiger partial charge in [-0.25, -0.2) is 4.39 Å². The first-order chi connectivity index (χ1) is 10.0. The van der Waals surface area contributed by atoms with Gasteiger partial charge in [-0.3, -0.25) is 4.79 Å². The Kier molecular flexibility index (Phi) is 5.21. The Morgan fingerprint density at radius 3 is 2.38 bits per heavy atom. The molecule has 0 spiro atoms. The molecule has 0 aliphatic carbocycles. The van der Waals surface area contributed by atoms with E-state index in [1.807, 2.05) is 11.8 Å². The average molecular weight is 326 g/mol. The lowest BCUT2D eigenvalue weighted by molar-refractivity contribution is 0.0999. The molecular formula is C16H14Cl2FNO. The Morgan fingerprint density at radius 1 is 1.14 bits per heavy atom. The van der Waals surface area contributed by atoms with Gasteiger partial charge in [-0.1, -0.05) is 23.2 Å². The molecule has 0 saturated carbocycles. The topological polar surface area (TPSA) is 20.3 Å². The number of rotatable bonds is 5. The van der Waals surface area contributed by atoms with Crippen LogP contribution in [-0.4, -0.2) is 18.9 Å². The van der Waals surface area contributed by atoms with Crippen LogP contribution < -0.4 is 4.90 Å². The molecule has 2 nitrogen and oxygen atoms in total. The first kappa shape index (κ1) is 15.8. The Balaban J connectivity index is 2.18. The van der Waals surface area contributed by atoms with Crippen molar-refractivity contribution in [3.8, 4) is 0 Å². The molecule has 0 aliphatic heterocycles. The van der Waals surface area contributed by atoms with Crippen molar-refractivity contribution in [1.29, 1.82) is 0 Å². The molecule has 0 atom stereocenters. The Bertz CT molecular complexity index is 643. The Morgan fingerprint density at radius 2 is 1.81 bits per heavy atom. The van der Waals surface area contributed by atoms with Crippen molar-refractivity contribution < 1.29 is 9.18 Å². The van der Waals surface area contributed by atoms with Gasteiger partial charge >= 0.3 is 0 Å². The van der Waals surface area contributed by atoms with Gasteiger partial charge < -0.3 is 4.90 Å². The minimum Gasteiger partial charge on any atom is -0.364 e. The lowest BCUT2D eigenvalue weighted by Gasteiger charge is -2.22. The highest BCUT2D eigenvalue weighted by molar-refractivity contribution is 6.36.